The van der Waals surface area contributed by atoms with Crippen LogP contribution in [0.1, 0.15) is 6.42 Å². The van der Waals surface area contributed by atoms with E-state index < -0.39 is 0 Å². The molecule has 0 saturated carbocycles. The number of nitrogens with two attached hydrogens (primary N) is 1. The first kappa shape index (κ1) is 9.66. The maximum absolute atomic E-state index is 5.29. The van der Waals surface area contributed by atoms with E-state index in [2.05, 4.69) is 32.6 Å². The average molecular weight is 279 g/mol. The van der Waals surface area contributed by atoms with Gasteiger partial charge in [0.2, 0.25) is 0 Å². The van der Waals surface area contributed by atoms with Gasteiger partial charge in [-0.05, 0) is 35.6 Å². The van der Waals surface area contributed by atoms with Crippen LogP contribution in [0.4, 0.5) is 0 Å². The molecule has 0 atom stereocenters. The highest BCUT2D eigenvalue weighted by Crippen LogP contribution is 2.04. The molecule has 0 spiro atoms. The van der Waals surface area contributed by atoms with Crippen molar-refractivity contribution in [3.8, 4) is 6.01 Å². The Kier molecular flexibility index (Phi) is 4.23. The van der Waals surface area contributed by atoms with Gasteiger partial charge in [0.1, 0.15) is 0 Å². The lowest BCUT2D eigenvalue weighted by atomic mass is 10.5. The molecule has 5 heteroatoms. The predicted octanol–water partition coefficient (Wildman–Crippen LogP) is 0.809. The van der Waals surface area contributed by atoms with Crippen molar-refractivity contribution in [2.24, 2.45) is 5.73 Å². The minimum absolute atomic E-state index is 0.420. The van der Waals surface area contributed by atoms with E-state index in [4.69, 9.17) is 10.5 Å². The smallest absolute Gasteiger partial charge is 0.316 e. The van der Waals surface area contributed by atoms with E-state index in [1.54, 1.807) is 12.4 Å². The number of rotatable bonds is 4. The van der Waals surface area contributed by atoms with Gasteiger partial charge in [0.05, 0.1) is 6.61 Å². The van der Waals surface area contributed by atoms with Crippen LogP contribution in [0.3, 0.4) is 0 Å². The van der Waals surface area contributed by atoms with Gasteiger partial charge >= 0.3 is 6.01 Å². The molecule has 1 aromatic rings. The number of hydrogen-bond acceptors (Lipinski definition) is 4. The van der Waals surface area contributed by atoms with Crippen LogP contribution in [0.15, 0.2) is 12.4 Å². The van der Waals surface area contributed by atoms with E-state index in [0.717, 1.165) is 9.99 Å². The Balaban J connectivity index is 2.37. The zero-order chi connectivity index (χ0) is 8.81. The van der Waals surface area contributed by atoms with Crippen molar-refractivity contribution >= 4 is 22.6 Å². The highest BCUT2D eigenvalue weighted by Gasteiger charge is 1.95. The zero-order valence-corrected chi connectivity index (χ0v) is 8.69. The summed E-state index contributed by atoms with van der Waals surface area (Å²) in [6, 6.07) is 0.420. The molecular formula is C7H10IN3O. The molecule has 1 heterocycles. The summed E-state index contributed by atoms with van der Waals surface area (Å²) in [5.74, 6) is 0. The summed E-state index contributed by atoms with van der Waals surface area (Å²) >= 11 is 2.14. The van der Waals surface area contributed by atoms with Gasteiger partial charge in [0.25, 0.3) is 0 Å². The van der Waals surface area contributed by atoms with Crippen molar-refractivity contribution in [3.05, 3.63) is 16.0 Å². The van der Waals surface area contributed by atoms with E-state index in [9.17, 15) is 0 Å². The molecule has 12 heavy (non-hydrogen) atoms. The van der Waals surface area contributed by atoms with E-state index >= 15 is 0 Å². The predicted molar refractivity (Wildman–Crippen MR) is 53.9 cm³/mol. The van der Waals surface area contributed by atoms with Crippen molar-refractivity contribution in [1.29, 1.82) is 0 Å². The second-order valence-corrected chi connectivity index (χ2v) is 3.42. The van der Waals surface area contributed by atoms with Crippen molar-refractivity contribution in [1.82, 2.24) is 9.97 Å². The molecule has 4 nitrogen and oxygen atoms in total. The first-order valence-corrected chi connectivity index (χ1v) is 4.71. The molecule has 0 unspecified atom stereocenters. The SMILES string of the molecule is NCCCOc1ncc(I)cn1. The van der Waals surface area contributed by atoms with Crippen LogP contribution in [0, 0.1) is 3.57 Å². The van der Waals surface area contributed by atoms with Crippen LogP contribution >= 0.6 is 22.6 Å². The maximum atomic E-state index is 5.29. The summed E-state index contributed by atoms with van der Waals surface area (Å²) in [6.07, 6.45) is 4.26. The largest absolute Gasteiger partial charge is 0.463 e. The molecule has 0 amide bonds. The second-order valence-electron chi connectivity index (χ2n) is 2.17. The third-order valence-corrected chi connectivity index (χ3v) is 1.73. The topological polar surface area (TPSA) is 61.0 Å². The minimum atomic E-state index is 0.420. The van der Waals surface area contributed by atoms with Crippen LogP contribution in [-0.2, 0) is 0 Å². The fourth-order valence-corrected chi connectivity index (χ4v) is 0.900. The Hall–Kier alpha value is -0.430. The van der Waals surface area contributed by atoms with Crippen LogP contribution in [-0.4, -0.2) is 23.1 Å². The Morgan fingerprint density at radius 3 is 2.67 bits per heavy atom. The zero-order valence-electron chi connectivity index (χ0n) is 6.53. The summed E-state index contributed by atoms with van der Waals surface area (Å²) in [5.41, 5.74) is 5.29. The summed E-state index contributed by atoms with van der Waals surface area (Å²) in [6.45, 7) is 1.21. The van der Waals surface area contributed by atoms with Crippen molar-refractivity contribution in [2.75, 3.05) is 13.2 Å². The van der Waals surface area contributed by atoms with Gasteiger partial charge in [0.15, 0.2) is 0 Å². The van der Waals surface area contributed by atoms with E-state index in [1.165, 1.54) is 0 Å². The lowest BCUT2D eigenvalue weighted by Crippen LogP contribution is -2.07. The minimum Gasteiger partial charge on any atom is -0.463 e. The summed E-state index contributed by atoms with van der Waals surface area (Å²) in [7, 11) is 0. The van der Waals surface area contributed by atoms with Gasteiger partial charge in [-0.2, -0.15) is 0 Å². The van der Waals surface area contributed by atoms with Gasteiger partial charge in [-0.15, -0.1) is 0 Å². The number of nitrogens with zero attached hydrogens (tertiary/aromatic N) is 2. The molecule has 0 radical (unpaired) electrons. The Morgan fingerprint density at radius 1 is 1.42 bits per heavy atom. The maximum Gasteiger partial charge on any atom is 0.316 e. The molecule has 66 valence electrons. The van der Waals surface area contributed by atoms with Gasteiger partial charge < -0.3 is 10.5 Å². The molecule has 0 aliphatic carbocycles. The fourth-order valence-electron chi connectivity index (χ4n) is 0.622. The van der Waals surface area contributed by atoms with E-state index in [0.29, 0.717) is 19.2 Å². The van der Waals surface area contributed by atoms with Gasteiger partial charge in [-0.1, -0.05) is 0 Å². The second kappa shape index (κ2) is 5.26. The lowest BCUT2D eigenvalue weighted by Gasteiger charge is -2.01. The van der Waals surface area contributed by atoms with Crippen molar-refractivity contribution in [3.63, 3.8) is 0 Å². The molecule has 1 aromatic heterocycles. The standard InChI is InChI=1S/C7H10IN3O/c8-6-4-10-7(11-5-6)12-3-1-2-9/h4-5H,1-3,9H2. The Morgan fingerprint density at radius 2 is 2.08 bits per heavy atom. The average Bonchev–Trinajstić information content (AvgIpc) is 2.09. The number of halogens is 1. The molecular weight excluding hydrogens is 269 g/mol. The van der Waals surface area contributed by atoms with Gasteiger partial charge in [-0.3, -0.25) is 0 Å². The first-order chi connectivity index (χ1) is 5.83. The summed E-state index contributed by atoms with van der Waals surface area (Å²) in [4.78, 5) is 7.94. The molecule has 0 bridgehead atoms. The molecule has 1 rings (SSSR count). The molecule has 0 fully saturated rings. The van der Waals surface area contributed by atoms with E-state index in [1.807, 2.05) is 0 Å². The van der Waals surface area contributed by atoms with Crippen LogP contribution in [0.25, 0.3) is 0 Å². The van der Waals surface area contributed by atoms with Crippen molar-refractivity contribution in [2.45, 2.75) is 6.42 Å². The molecule has 0 aliphatic heterocycles. The highest BCUT2D eigenvalue weighted by molar-refractivity contribution is 14.1. The van der Waals surface area contributed by atoms with Crippen LogP contribution < -0.4 is 10.5 Å². The Bertz CT molecular complexity index is 227. The third kappa shape index (κ3) is 3.31. The summed E-state index contributed by atoms with van der Waals surface area (Å²) in [5, 5.41) is 0. The number of hydrogen-bond donors (Lipinski definition) is 1. The Labute approximate surface area is 84.7 Å². The first-order valence-electron chi connectivity index (χ1n) is 3.63. The lowest BCUT2D eigenvalue weighted by molar-refractivity contribution is 0.288. The molecule has 0 aromatic carbocycles. The fraction of sp³-hybridized carbons (Fsp3) is 0.429. The van der Waals surface area contributed by atoms with Gasteiger partial charge in [-0.25, -0.2) is 9.97 Å². The van der Waals surface area contributed by atoms with Crippen LogP contribution in [0.2, 0.25) is 0 Å². The normalized spacial score (nSPS) is 9.83. The number of aromatic nitrogens is 2. The third-order valence-electron chi connectivity index (χ3n) is 1.18. The summed E-state index contributed by atoms with van der Waals surface area (Å²) < 4.78 is 6.19. The highest BCUT2D eigenvalue weighted by atomic mass is 127. The number of ether oxygens (including phenoxy) is 1. The molecule has 0 saturated heterocycles. The monoisotopic (exact) mass is 279 g/mol. The molecule has 0 aliphatic rings. The van der Waals surface area contributed by atoms with E-state index in [-0.39, 0.29) is 0 Å². The van der Waals surface area contributed by atoms with Gasteiger partial charge in [0, 0.05) is 16.0 Å². The quantitative estimate of drug-likeness (QED) is 0.654. The molecule has 2 N–H and O–H groups in total. The van der Waals surface area contributed by atoms with Crippen LogP contribution in [0.5, 0.6) is 6.01 Å². The van der Waals surface area contributed by atoms with Crippen molar-refractivity contribution < 1.29 is 4.74 Å².